The highest BCUT2D eigenvalue weighted by atomic mass is 35.5. The molecule has 0 atom stereocenters. The molecule has 1 nitrogen and oxygen atoms in total. The fourth-order valence-corrected chi connectivity index (χ4v) is 1.95. The second-order valence-corrected chi connectivity index (χ2v) is 5.40. The Kier molecular flexibility index (Phi) is 15.6. The summed E-state index contributed by atoms with van der Waals surface area (Å²) in [6, 6.07) is 0. The first-order valence-corrected chi connectivity index (χ1v) is 8.28. The molecule has 0 aromatic heterocycles. The van der Waals surface area contributed by atoms with Gasteiger partial charge in [-0.05, 0) is 56.5 Å². The van der Waals surface area contributed by atoms with E-state index in [2.05, 4.69) is 43.4 Å². The van der Waals surface area contributed by atoms with Gasteiger partial charge in [-0.15, -0.1) is 0 Å². The molecular weight excluding hydrogens is 268 g/mol. The predicted molar refractivity (Wildman–Crippen MR) is 90.1 cm³/mol. The van der Waals surface area contributed by atoms with E-state index >= 15 is 0 Å². The van der Waals surface area contributed by atoms with Crippen LogP contribution in [0.15, 0.2) is 36.5 Å². The number of hydrogen-bond acceptors (Lipinski definition) is 1. The second kappa shape index (κ2) is 16.2. The van der Waals surface area contributed by atoms with E-state index in [-0.39, 0.29) is 5.24 Å². The molecule has 0 fully saturated rings. The quantitative estimate of drug-likeness (QED) is 0.220. The number of unbranched alkanes of at least 4 members (excludes halogenated alkanes) is 5. The first-order chi connectivity index (χ1) is 9.77. The van der Waals surface area contributed by atoms with Crippen molar-refractivity contribution in [2.45, 2.75) is 71.1 Å². The van der Waals surface area contributed by atoms with Gasteiger partial charge in [-0.1, -0.05) is 56.2 Å². The van der Waals surface area contributed by atoms with E-state index in [4.69, 9.17) is 11.6 Å². The zero-order chi connectivity index (χ0) is 14.9. The Morgan fingerprint density at radius 1 is 0.800 bits per heavy atom. The highest BCUT2D eigenvalue weighted by Gasteiger charge is 1.93. The third kappa shape index (κ3) is 17.2. The van der Waals surface area contributed by atoms with Crippen LogP contribution in [0.25, 0.3) is 0 Å². The number of carbonyl (C=O) groups is 1. The minimum absolute atomic E-state index is 0.223. The third-order valence-corrected chi connectivity index (χ3v) is 3.20. The Labute approximate surface area is 129 Å². The van der Waals surface area contributed by atoms with Crippen molar-refractivity contribution < 1.29 is 4.79 Å². The van der Waals surface area contributed by atoms with Crippen molar-refractivity contribution in [1.82, 2.24) is 0 Å². The standard InChI is InChI=1S/C18H29ClO/c1-2-3-4-5-6-7-8-9-10-11-12-13-14-15-16-17-18(19)20/h6-7,9-10,12-13H,2-5,8,11,14-17H2,1H3. The van der Waals surface area contributed by atoms with Crippen LogP contribution in [0, 0.1) is 0 Å². The molecule has 0 aromatic carbocycles. The van der Waals surface area contributed by atoms with Crippen LogP contribution in [0.3, 0.4) is 0 Å². The monoisotopic (exact) mass is 296 g/mol. The molecule has 0 heterocycles. The number of allylic oxidation sites excluding steroid dienone is 6. The predicted octanol–water partition coefficient (Wildman–Crippen LogP) is 6.34. The van der Waals surface area contributed by atoms with Crippen LogP contribution in [-0.2, 0) is 4.79 Å². The van der Waals surface area contributed by atoms with Crippen LogP contribution < -0.4 is 0 Å². The van der Waals surface area contributed by atoms with Crippen molar-refractivity contribution in [3.05, 3.63) is 36.5 Å². The van der Waals surface area contributed by atoms with Crippen LogP contribution in [0.1, 0.15) is 71.1 Å². The summed E-state index contributed by atoms with van der Waals surface area (Å²) < 4.78 is 0. The van der Waals surface area contributed by atoms with E-state index in [1.807, 2.05) is 0 Å². The van der Waals surface area contributed by atoms with Crippen molar-refractivity contribution in [1.29, 1.82) is 0 Å². The van der Waals surface area contributed by atoms with Crippen LogP contribution in [-0.4, -0.2) is 5.24 Å². The minimum atomic E-state index is -0.223. The van der Waals surface area contributed by atoms with Crippen molar-refractivity contribution >= 4 is 16.8 Å². The summed E-state index contributed by atoms with van der Waals surface area (Å²) in [5.41, 5.74) is 0. The zero-order valence-electron chi connectivity index (χ0n) is 12.8. The van der Waals surface area contributed by atoms with Crippen molar-refractivity contribution in [2.75, 3.05) is 0 Å². The molecule has 0 aliphatic heterocycles. The van der Waals surface area contributed by atoms with Gasteiger partial charge in [-0.25, -0.2) is 0 Å². The van der Waals surface area contributed by atoms with E-state index in [9.17, 15) is 4.79 Å². The summed E-state index contributed by atoms with van der Waals surface area (Å²) in [5, 5.41) is -0.223. The molecule has 0 aromatic rings. The van der Waals surface area contributed by atoms with E-state index < -0.39 is 0 Å². The topological polar surface area (TPSA) is 17.1 Å². The van der Waals surface area contributed by atoms with Crippen LogP contribution in [0.2, 0.25) is 0 Å². The molecule has 0 N–H and O–H groups in total. The fraction of sp³-hybridized carbons (Fsp3) is 0.611. The molecule has 0 amide bonds. The molecule has 0 aliphatic rings. The van der Waals surface area contributed by atoms with Gasteiger partial charge in [-0.2, -0.15) is 0 Å². The largest absolute Gasteiger partial charge is 0.281 e. The summed E-state index contributed by atoms with van der Waals surface area (Å²) in [6.45, 7) is 2.23. The molecule has 0 saturated heterocycles. The summed E-state index contributed by atoms with van der Waals surface area (Å²) in [7, 11) is 0. The highest BCUT2D eigenvalue weighted by Crippen LogP contribution is 2.04. The molecule has 2 heteroatoms. The Morgan fingerprint density at radius 2 is 1.30 bits per heavy atom. The zero-order valence-corrected chi connectivity index (χ0v) is 13.6. The first-order valence-electron chi connectivity index (χ1n) is 7.90. The fourth-order valence-electron chi connectivity index (χ4n) is 1.82. The van der Waals surface area contributed by atoms with Crippen molar-refractivity contribution in [2.24, 2.45) is 0 Å². The van der Waals surface area contributed by atoms with Gasteiger partial charge < -0.3 is 0 Å². The van der Waals surface area contributed by atoms with Gasteiger partial charge in [-0.3, -0.25) is 4.79 Å². The number of carbonyl (C=O) groups excluding carboxylic acids is 1. The van der Waals surface area contributed by atoms with Gasteiger partial charge >= 0.3 is 0 Å². The van der Waals surface area contributed by atoms with Crippen LogP contribution in [0.5, 0.6) is 0 Å². The lowest BCUT2D eigenvalue weighted by molar-refractivity contribution is -0.111. The van der Waals surface area contributed by atoms with Gasteiger partial charge in [0.15, 0.2) is 0 Å². The van der Waals surface area contributed by atoms with Gasteiger partial charge in [0.1, 0.15) is 0 Å². The van der Waals surface area contributed by atoms with Crippen molar-refractivity contribution in [3.8, 4) is 0 Å². The van der Waals surface area contributed by atoms with Crippen LogP contribution in [0.4, 0.5) is 0 Å². The molecule has 0 saturated carbocycles. The maximum Gasteiger partial charge on any atom is 0.221 e. The Hall–Kier alpha value is -0.820. The molecular formula is C18H29ClO. The third-order valence-electron chi connectivity index (χ3n) is 3.01. The molecule has 0 unspecified atom stereocenters. The summed E-state index contributed by atoms with van der Waals surface area (Å²) in [6.07, 6.45) is 24.0. The Bertz CT molecular complexity index is 303. The number of hydrogen-bond donors (Lipinski definition) is 0. The van der Waals surface area contributed by atoms with Crippen LogP contribution >= 0.6 is 11.6 Å². The molecule has 0 spiro atoms. The van der Waals surface area contributed by atoms with Gasteiger partial charge in [0.25, 0.3) is 0 Å². The van der Waals surface area contributed by atoms with Crippen molar-refractivity contribution in [3.63, 3.8) is 0 Å². The van der Waals surface area contributed by atoms with Gasteiger partial charge in [0.2, 0.25) is 5.24 Å². The maximum absolute atomic E-state index is 10.5. The molecule has 0 radical (unpaired) electrons. The summed E-state index contributed by atoms with van der Waals surface area (Å²) in [5.74, 6) is 0. The molecule has 0 bridgehead atoms. The second-order valence-electron chi connectivity index (χ2n) is 4.98. The molecule has 114 valence electrons. The summed E-state index contributed by atoms with van der Waals surface area (Å²) in [4.78, 5) is 10.5. The number of halogens is 1. The smallest absolute Gasteiger partial charge is 0.221 e. The Morgan fingerprint density at radius 3 is 1.80 bits per heavy atom. The average molecular weight is 297 g/mol. The van der Waals surface area contributed by atoms with E-state index in [0.717, 1.165) is 32.1 Å². The lowest BCUT2D eigenvalue weighted by atomic mass is 10.2. The minimum Gasteiger partial charge on any atom is -0.281 e. The maximum atomic E-state index is 10.5. The SMILES string of the molecule is CCCCCC=CCC=CCC=CCCCCC(=O)Cl. The van der Waals surface area contributed by atoms with Gasteiger partial charge in [0.05, 0.1) is 0 Å². The molecule has 20 heavy (non-hydrogen) atoms. The van der Waals surface area contributed by atoms with E-state index in [0.29, 0.717) is 6.42 Å². The van der Waals surface area contributed by atoms with E-state index in [1.54, 1.807) is 0 Å². The normalized spacial score (nSPS) is 12.1. The average Bonchev–Trinajstić information content (AvgIpc) is 2.43. The molecule has 0 aliphatic carbocycles. The molecule has 0 rings (SSSR count). The lowest BCUT2D eigenvalue weighted by Crippen LogP contribution is -1.84. The van der Waals surface area contributed by atoms with E-state index in [1.165, 1.54) is 25.7 Å². The summed E-state index contributed by atoms with van der Waals surface area (Å²) >= 11 is 5.26. The lowest BCUT2D eigenvalue weighted by Gasteiger charge is -1.92. The van der Waals surface area contributed by atoms with Gasteiger partial charge in [0, 0.05) is 6.42 Å². The highest BCUT2D eigenvalue weighted by molar-refractivity contribution is 6.63. The number of rotatable bonds is 13. The first kappa shape index (κ1) is 19.2. The Balaban J connectivity index is 3.32.